The number of halogens is 2. The zero-order chi connectivity index (χ0) is 15.8. The first-order valence-corrected chi connectivity index (χ1v) is 7.75. The molecule has 0 amide bonds. The molecule has 0 spiro atoms. The highest BCUT2D eigenvalue weighted by atomic mass is 35.5. The van der Waals surface area contributed by atoms with E-state index >= 15 is 0 Å². The SMILES string of the molecule is N#CC(=C(C(=S)C=CCl)C(=S)C=CCl)c1ccccc1S. The van der Waals surface area contributed by atoms with Crippen molar-refractivity contribution in [1.82, 2.24) is 0 Å². The van der Waals surface area contributed by atoms with E-state index in [4.69, 9.17) is 47.6 Å². The van der Waals surface area contributed by atoms with Gasteiger partial charge in [-0.15, -0.1) is 12.6 Å². The first kappa shape index (κ1) is 18.1. The minimum atomic E-state index is 0.333. The summed E-state index contributed by atoms with van der Waals surface area (Å²) in [5.41, 5.74) is 3.96. The maximum absolute atomic E-state index is 9.53. The average molecular weight is 370 g/mol. The summed E-state index contributed by atoms with van der Waals surface area (Å²) in [7, 11) is 0. The molecule has 0 N–H and O–H groups in total. The molecule has 21 heavy (non-hydrogen) atoms. The Balaban J connectivity index is 3.65. The van der Waals surface area contributed by atoms with Crippen molar-refractivity contribution in [2.24, 2.45) is 0 Å². The summed E-state index contributed by atoms with van der Waals surface area (Å²) < 4.78 is 0. The molecule has 106 valence electrons. The number of thiol groups is 1. The van der Waals surface area contributed by atoms with E-state index in [1.807, 2.05) is 12.1 Å². The molecule has 0 fully saturated rings. The highest BCUT2D eigenvalue weighted by Gasteiger charge is 2.17. The van der Waals surface area contributed by atoms with Crippen LogP contribution in [0.25, 0.3) is 5.57 Å². The molecule has 6 heteroatoms. The lowest BCUT2D eigenvalue weighted by Crippen LogP contribution is -2.08. The van der Waals surface area contributed by atoms with Gasteiger partial charge in [0.15, 0.2) is 0 Å². The summed E-state index contributed by atoms with van der Waals surface area (Å²) in [4.78, 5) is 1.37. The standard InChI is InChI=1S/C15H9Cl2NS3/c16-7-5-13(20)15(14(21)6-8-17)11(9-18)10-3-1-2-4-12(10)19/h1-8,19H. The van der Waals surface area contributed by atoms with Crippen LogP contribution in [0.5, 0.6) is 0 Å². The Labute approximate surface area is 150 Å². The van der Waals surface area contributed by atoms with Crippen molar-refractivity contribution in [2.45, 2.75) is 4.90 Å². The molecule has 0 bridgehead atoms. The predicted molar refractivity (Wildman–Crippen MR) is 101 cm³/mol. The van der Waals surface area contributed by atoms with Gasteiger partial charge in [-0.3, -0.25) is 0 Å². The number of hydrogen-bond donors (Lipinski definition) is 1. The van der Waals surface area contributed by atoms with Crippen molar-refractivity contribution in [3.8, 4) is 6.07 Å². The first-order valence-electron chi connectivity index (χ1n) is 5.61. The number of allylic oxidation sites excluding steroid dienone is 4. The summed E-state index contributed by atoms with van der Waals surface area (Å²) in [6.07, 6.45) is 3.00. The van der Waals surface area contributed by atoms with Crippen LogP contribution in [0.4, 0.5) is 0 Å². The summed E-state index contributed by atoms with van der Waals surface area (Å²) in [5.74, 6) is 0. The fourth-order valence-electron chi connectivity index (χ4n) is 1.58. The first-order chi connectivity index (χ1) is 10.1. The number of nitriles is 1. The van der Waals surface area contributed by atoms with Crippen molar-refractivity contribution < 1.29 is 0 Å². The molecule has 0 aromatic heterocycles. The van der Waals surface area contributed by atoms with Crippen LogP contribution < -0.4 is 0 Å². The molecule has 1 rings (SSSR count). The fraction of sp³-hybridized carbons (Fsp3) is 0. The van der Waals surface area contributed by atoms with E-state index < -0.39 is 0 Å². The average Bonchev–Trinajstić information content (AvgIpc) is 2.46. The smallest absolute Gasteiger partial charge is 0.101 e. The van der Waals surface area contributed by atoms with Crippen LogP contribution in [-0.4, -0.2) is 9.73 Å². The predicted octanol–water partition coefficient (Wildman–Crippen LogP) is 5.50. The van der Waals surface area contributed by atoms with E-state index in [0.29, 0.717) is 31.3 Å². The summed E-state index contributed by atoms with van der Waals surface area (Å²) in [6, 6.07) is 9.34. The second-order valence-corrected chi connectivity index (χ2v) is 5.56. The van der Waals surface area contributed by atoms with Crippen molar-refractivity contribution in [1.29, 1.82) is 5.26 Å². The molecule has 0 saturated carbocycles. The molecule has 0 aliphatic carbocycles. The van der Waals surface area contributed by atoms with Gasteiger partial charge in [0.2, 0.25) is 0 Å². The van der Waals surface area contributed by atoms with Gasteiger partial charge in [0, 0.05) is 36.8 Å². The monoisotopic (exact) mass is 369 g/mol. The van der Waals surface area contributed by atoms with Gasteiger partial charge in [-0.2, -0.15) is 5.26 Å². The van der Waals surface area contributed by atoms with Crippen LogP contribution in [-0.2, 0) is 0 Å². The lowest BCUT2D eigenvalue weighted by atomic mass is 9.96. The zero-order valence-corrected chi connectivity index (χ0v) is 14.6. The Kier molecular flexibility index (Phi) is 7.87. The maximum Gasteiger partial charge on any atom is 0.101 e. The number of thiocarbonyl (C=S) groups is 2. The molecule has 1 aromatic carbocycles. The minimum Gasteiger partial charge on any atom is -0.192 e. The molecule has 1 aromatic rings. The van der Waals surface area contributed by atoms with Crippen LogP contribution >= 0.6 is 60.3 Å². The van der Waals surface area contributed by atoms with E-state index in [0.717, 1.165) is 0 Å². The number of nitrogens with zero attached hydrogens (tertiary/aromatic N) is 1. The van der Waals surface area contributed by atoms with Gasteiger partial charge in [-0.1, -0.05) is 65.8 Å². The van der Waals surface area contributed by atoms with E-state index in [1.165, 1.54) is 23.2 Å². The van der Waals surface area contributed by atoms with Crippen molar-refractivity contribution in [3.05, 3.63) is 58.6 Å². The molecular weight excluding hydrogens is 361 g/mol. The maximum atomic E-state index is 9.53. The van der Waals surface area contributed by atoms with Crippen molar-refractivity contribution in [2.75, 3.05) is 0 Å². The van der Waals surface area contributed by atoms with Crippen molar-refractivity contribution in [3.63, 3.8) is 0 Å². The van der Waals surface area contributed by atoms with E-state index in [-0.39, 0.29) is 0 Å². The van der Waals surface area contributed by atoms with Gasteiger partial charge in [0.25, 0.3) is 0 Å². The molecule has 0 radical (unpaired) electrons. The van der Waals surface area contributed by atoms with E-state index in [1.54, 1.807) is 12.1 Å². The van der Waals surface area contributed by atoms with Gasteiger partial charge in [-0.25, -0.2) is 0 Å². The minimum absolute atomic E-state index is 0.333. The van der Waals surface area contributed by atoms with Crippen LogP contribution in [0.15, 0.2) is 58.0 Å². The molecular formula is C15H9Cl2NS3. The Morgan fingerprint density at radius 3 is 2.05 bits per heavy atom. The quantitative estimate of drug-likeness (QED) is 0.321. The lowest BCUT2D eigenvalue weighted by molar-refractivity contribution is 1.40. The second-order valence-electron chi connectivity index (χ2n) is 3.69. The van der Waals surface area contributed by atoms with Crippen LogP contribution in [0.3, 0.4) is 0 Å². The Hall–Kier alpha value is -0.960. The molecule has 0 aliphatic rings. The Morgan fingerprint density at radius 2 is 1.62 bits per heavy atom. The van der Waals surface area contributed by atoms with Gasteiger partial charge < -0.3 is 0 Å². The van der Waals surface area contributed by atoms with Crippen LogP contribution in [0.2, 0.25) is 0 Å². The normalized spacial score (nSPS) is 10.6. The molecule has 1 nitrogen and oxygen atoms in total. The largest absolute Gasteiger partial charge is 0.192 e. The third-order valence-electron chi connectivity index (χ3n) is 2.46. The third-order valence-corrected chi connectivity index (χ3v) is 3.78. The zero-order valence-electron chi connectivity index (χ0n) is 10.6. The number of rotatable bonds is 5. The highest BCUT2D eigenvalue weighted by molar-refractivity contribution is 7.83. The van der Waals surface area contributed by atoms with Gasteiger partial charge in [0.1, 0.15) is 6.07 Å². The molecule has 0 saturated heterocycles. The Morgan fingerprint density at radius 1 is 1.10 bits per heavy atom. The highest BCUT2D eigenvalue weighted by Crippen LogP contribution is 2.27. The lowest BCUT2D eigenvalue weighted by Gasteiger charge is -2.10. The van der Waals surface area contributed by atoms with E-state index in [9.17, 15) is 5.26 Å². The van der Waals surface area contributed by atoms with Gasteiger partial charge >= 0.3 is 0 Å². The molecule has 0 unspecified atom stereocenters. The Bertz CT molecular complexity index is 671. The van der Waals surface area contributed by atoms with Gasteiger partial charge in [0.05, 0.1) is 5.57 Å². The number of hydrogen-bond acceptors (Lipinski definition) is 4. The second kappa shape index (κ2) is 9.14. The third kappa shape index (κ3) is 4.77. The topological polar surface area (TPSA) is 23.8 Å². The van der Waals surface area contributed by atoms with Gasteiger partial charge in [-0.05, 0) is 18.2 Å². The molecule has 0 aliphatic heterocycles. The number of benzene rings is 1. The molecule has 0 atom stereocenters. The van der Waals surface area contributed by atoms with Crippen LogP contribution in [0.1, 0.15) is 5.56 Å². The van der Waals surface area contributed by atoms with Crippen LogP contribution in [0, 0.1) is 11.3 Å². The summed E-state index contributed by atoms with van der Waals surface area (Å²) >= 11 is 26.1. The van der Waals surface area contributed by atoms with E-state index in [2.05, 4.69) is 18.7 Å². The fourth-order valence-corrected chi connectivity index (χ4v) is 2.88. The summed E-state index contributed by atoms with van der Waals surface area (Å²) in [5, 5.41) is 9.53. The van der Waals surface area contributed by atoms with Crippen molar-refractivity contribution >= 4 is 75.6 Å². The summed E-state index contributed by atoms with van der Waals surface area (Å²) in [6.45, 7) is 0. The molecule has 0 heterocycles.